The Morgan fingerprint density at radius 3 is 2.22 bits per heavy atom. The van der Waals surface area contributed by atoms with Gasteiger partial charge in [-0.15, -0.1) is 0 Å². The average molecular weight is 269 g/mol. The number of carbonyl (C=O) groups excluding carboxylic acids is 1. The van der Waals surface area contributed by atoms with Crippen molar-refractivity contribution in [3.63, 3.8) is 0 Å². The summed E-state index contributed by atoms with van der Waals surface area (Å²) < 4.78 is 25.8. The van der Waals surface area contributed by atoms with Crippen LogP contribution in [-0.2, 0) is 10.0 Å². The summed E-state index contributed by atoms with van der Waals surface area (Å²) in [5, 5.41) is 0. The van der Waals surface area contributed by atoms with Gasteiger partial charge in [0.2, 0.25) is 10.0 Å². The lowest BCUT2D eigenvalue weighted by molar-refractivity contribution is 0.0997. The van der Waals surface area contributed by atoms with Crippen LogP contribution in [0.5, 0.6) is 0 Å². The number of ketones is 1. The van der Waals surface area contributed by atoms with Gasteiger partial charge in [0.25, 0.3) is 0 Å². The predicted molar refractivity (Wildman–Crippen MR) is 72.0 cm³/mol. The van der Waals surface area contributed by atoms with Crippen molar-refractivity contribution in [2.45, 2.75) is 20.8 Å². The third kappa shape index (κ3) is 5.42. The molecule has 0 fully saturated rings. The number of rotatable bonds is 5. The monoisotopic (exact) mass is 269 g/mol. The molecule has 0 saturated carbocycles. The van der Waals surface area contributed by atoms with Crippen LogP contribution < -0.4 is 4.72 Å². The number of nitrogens with one attached hydrogen (secondary N) is 1. The van der Waals surface area contributed by atoms with Gasteiger partial charge >= 0.3 is 0 Å². The van der Waals surface area contributed by atoms with E-state index >= 15 is 0 Å². The standard InChI is InChI=1S/C13H19NO3S/c1-13(2,3)10-18(16,17)14-9-12(15)11-7-5-4-6-8-11/h4-8,14H,9-10H2,1-3H3. The van der Waals surface area contributed by atoms with Crippen LogP contribution in [0.3, 0.4) is 0 Å². The van der Waals surface area contributed by atoms with E-state index in [1.165, 1.54) is 0 Å². The van der Waals surface area contributed by atoms with Crippen LogP contribution in [0.1, 0.15) is 31.1 Å². The van der Waals surface area contributed by atoms with Crippen LogP contribution in [0.25, 0.3) is 0 Å². The highest BCUT2D eigenvalue weighted by Crippen LogP contribution is 2.15. The van der Waals surface area contributed by atoms with Crippen molar-refractivity contribution < 1.29 is 13.2 Å². The van der Waals surface area contributed by atoms with Gasteiger partial charge in [0.15, 0.2) is 5.78 Å². The third-order valence-corrected chi connectivity index (χ3v) is 4.00. The van der Waals surface area contributed by atoms with Gasteiger partial charge in [0.05, 0.1) is 12.3 Å². The lowest BCUT2D eigenvalue weighted by atomic mass is 10.0. The first-order valence-electron chi connectivity index (χ1n) is 5.75. The van der Waals surface area contributed by atoms with E-state index in [9.17, 15) is 13.2 Å². The van der Waals surface area contributed by atoms with Gasteiger partial charge < -0.3 is 0 Å². The summed E-state index contributed by atoms with van der Waals surface area (Å²) in [6, 6.07) is 8.63. The van der Waals surface area contributed by atoms with Gasteiger partial charge in [0, 0.05) is 5.56 Å². The predicted octanol–water partition coefficient (Wildman–Crippen LogP) is 1.83. The van der Waals surface area contributed by atoms with E-state index in [0.717, 1.165) is 0 Å². The van der Waals surface area contributed by atoms with Crippen molar-refractivity contribution in [1.82, 2.24) is 4.72 Å². The minimum atomic E-state index is -3.41. The fourth-order valence-corrected chi connectivity index (χ4v) is 3.12. The molecule has 4 nitrogen and oxygen atoms in total. The highest BCUT2D eigenvalue weighted by atomic mass is 32.2. The summed E-state index contributed by atoms with van der Waals surface area (Å²) in [5.74, 6) is -0.227. The zero-order valence-corrected chi connectivity index (χ0v) is 11.8. The molecule has 0 saturated heterocycles. The smallest absolute Gasteiger partial charge is 0.212 e. The molecule has 0 aliphatic heterocycles. The Morgan fingerprint density at radius 1 is 1.17 bits per heavy atom. The van der Waals surface area contributed by atoms with Gasteiger partial charge in [-0.2, -0.15) is 0 Å². The normalized spacial score (nSPS) is 12.4. The van der Waals surface area contributed by atoms with Crippen LogP contribution in [-0.4, -0.2) is 26.5 Å². The quantitative estimate of drug-likeness (QED) is 0.830. The van der Waals surface area contributed by atoms with Crippen LogP contribution in [0.15, 0.2) is 30.3 Å². The molecular formula is C13H19NO3S. The van der Waals surface area contributed by atoms with Crippen LogP contribution >= 0.6 is 0 Å². The molecule has 100 valence electrons. The van der Waals surface area contributed by atoms with E-state index in [1.807, 2.05) is 20.8 Å². The highest BCUT2D eigenvalue weighted by Gasteiger charge is 2.22. The summed E-state index contributed by atoms with van der Waals surface area (Å²) in [6.45, 7) is 5.32. The largest absolute Gasteiger partial charge is 0.293 e. The van der Waals surface area contributed by atoms with E-state index in [4.69, 9.17) is 0 Å². The van der Waals surface area contributed by atoms with Crippen molar-refractivity contribution in [1.29, 1.82) is 0 Å². The van der Waals surface area contributed by atoms with Crippen LogP contribution in [0.2, 0.25) is 0 Å². The number of carbonyl (C=O) groups is 1. The van der Waals surface area contributed by atoms with E-state index in [1.54, 1.807) is 30.3 Å². The fourth-order valence-electron chi connectivity index (χ4n) is 1.52. The maximum absolute atomic E-state index is 11.7. The minimum Gasteiger partial charge on any atom is -0.293 e. The summed E-state index contributed by atoms with van der Waals surface area (Å²) in [4.78, 5) is 11.7. The molecule has 1 aromatic rings. The number of hydrogen-bond donors (Lipinski definition) is 1. The average Bonchev–Trinajstić information content (AvgIpc) is 2.24. The minimum absolute atomic E-state index is 0.00205. The second kappa shape index (κ2) is 5.63. The molecule has 1 aromatic carbocycles. The zero-order chi connectivity index (χ0) is 13.8. The molecule has 0 heterocycles. The molecule has 0 aliphatic carbocycles. The molecule has 1 N–H and O–H groups in total. The Kier molecular flexibility index (Phi) is 4.65. The van der Waals surface area contributed by atoms with E-state index in [2.05, 4.69) is 4.72 Å². The fraction of sp³-hybridized carbons (Fsp3) is 0.462. The van der Waals surface area contributed by atoms with Crippen molar-refractivity contribution in [3.8, 4) is 0 Å². The molecule has 0 spiro atoms. The first-order chi connectivity index (χ1) is 8.20. The molecule has 5 heteroatoms. The van der Waals surface area contributed by atoms with Crippen molar-refractivity contribution >= 4 is 15.8 Å². The molecule has 0 amide bonds. The number of sulfonamides is 1. The summed E-state index contributed by atoms with van der Waals surface area (Å²) in [5.41, 5.74) is 0.178. The second-order valence-corrected chi connectivity index (χ2v) is 7.24. The van der Waals surface area contributed by atoms with E-state index in [0.29, 0.717) is 5.56 Å². The maximum Gasteiger partial charge on any atom is 0.212 e. The van der Waals surface area contributed by atoms with Crippen molar-refractivity contribution in [3.05, 3.63) is 35.9 Å². The summed E-state index contributed by atoms with van der Waals surface area (Å²) in [6.07, 6.45) is 0. The van der Waals surface area contributed by atoms with Gasteiger partial charge in [-0.25, -0.2) is 13.1 Å². The molecule has 0 bridgehead atoms. The van der Waals surface area contributed by atoms with Gasteiger partial charge in [0.1, 0.15) is 0 Å². The Morgan fingerprint density at radius 2 is 1.72 bits per heavy atom. The zero-order valence-electron chi connectivity index (χ0n) is 10.9. The number of Topliss-reactive ketones (excluding diaryl/α,β-unsaturated/α-hetero) is 1. The lowest BCUT2D eigenvalue weighted by Crippen LogP contribution is -2.35. The summed E-state index contributed by atoms with van der Waals surface area (Å²) >= 11 is 0. The topological polar surface area (TPSA) is 63.2 Å². The first kappa shape index (κ1) is 14.9. The molecule has 0 unspecified atom stereocenters. The van der Waals surface area contributed by atoms with Crippen LogP contribution in [0, 0.1) is 5.41 Å². The Labute approximate surface area is 108 Å². The molecule has 18 heavy (non-hydrogen) atoms. The Hall–Kier alpha value is -1.20. The molecule has 0 atom stereocenters. The third-order valence-electron chi connectivity index (χ3n) is 2.17. The SMILES string of the molecule is CC(C)(C)CS(=O)(=O)NCC(=O)c1ccccc1. The van der Waals surface area contributed by atoms with E-state index in [-0.39, 0.29) is 23.5 Å². The van der Waals surface area contributed by atoms with Crippen LogP contribution in [0.4, 0.5) is 0 Å². The molecule has 0 radical (unpaired) electrons. The maximum atomic E-state index is 11.7. The lowest BCUT2D eigenvalue weighted by Gasteiger charge is -2.18. The first-order valence-corrected chi connectivity index (χ1v) is 7.40. The van der Waals surface area contributed by atoms with Gasteiger partial charge in [-0.1, -0.05) is 51.1 Å². The molecule has 1 rings (SSSR count). The summed E-state index contributed by atoms with van der Waals surface area (Å²) in [7, 11) is -3.41. The highest BCUT2D eigenvalue weighted by molar-refractivity contribution is 7.89. The Balaban J connectivity index is 2.59. The molecular weight excluding hydrogens is 250 g/mol. The van der Waals surface area contributed by atoms with Gasteiger partial charge in [-0.05, 0) is 5.41 Å². The molecule has 0 aromatic heterocycles. The van der Waals surface area contributed by atoms with Crippen molar-refractivity contribution in [2.24, 2.45) is 5.41 Å². The van der Waals surface area contributed by atoms with Crippen molar-refractivity contribution in [2.75, 3.05) is 12.3 Å². The second-order valence-electron chi connectivity index (χ2n) is 5.43. The van der Waals surface area contributed by atoms with E-state index < -0.39 is 10.0 Å². The number of hydrogen-bond acceptors (Lipinski definition) is 3. The van der Waals surface area contributed by atoms with Gasteiger partial charge in [-0.3, -0.25) is 4.79 Å². The molecule has 0 aliphatic rings. The Bertz CT molecular complexity index is 501. The number of benzene rings is 1.